The summed E-state index contributed by atoms with van der Waals surface area (Å²) in [6.07, 6.45) is 4.32. The van der Waals surface area contributed by atoms with Crippen molar-refractivity contribution in [3.05, 3.63) is 0 Å². The van der Waals surface area contributed by atoms with Gasteiger partial charge in [-0.3, -0.25) is 0 Å². The standard InChI is InChI=1S/C16H30O3/c1-14(2)7-5-8-15(3)12(14)6-9-16(4,19)13(15)11(18)10-17/h11-13,17-19H,5-10H2,1-4H3/t11-,12+,13-,15+,16+/m1/s1. The first kappa shape index (κ1) is 15.3. The van der Waals surface area contributed by atoms with Crippen LogP contribution in [0.5, 0.6) is 0 Å². The summed E-state index contributed by atoms with van der Waals surface area (Å²) in [6.45, 7) is 8.42. The van der Waals surface area contributed by atoms with Crippen molar-refractivity contribution >= 4 is 0 Å². The fourth-order valence-electron chi connectivity index (χ4n) is 5.52. The minimum absolute atomic E-state index is 0.0777. The van der Waals surface area contributed by atoms with E-state index in [1.165, 1.54) is 6.42 Å². The molecule has 0 radical (unpaired) electrons. The van der Waals surface area contributed by atoms with Gasteiger partial charge in [0.05, 0.1) is 18.3 Å². The highest BCUT2D eigenvalue weighted by Crippen LogP contribution is 2.62. The largest absolute Gasteiger partial charge is 0.394 e. The van der Waals surface area contributed by atoms with Crippen LogP contribution in [0.15, 0.2) is 0 Å². The molecule has 0 aromatic rings. The Morgan fingerprint density at radius 2 is 1.74 bits per heavy atom. The number of aliphatic hydroxyl groups excluding tert-OH is 2. The van der Waals surface area contributed by atoms with Gasteiger partial charge >= 0.3 is 0 Å². The van der Waals surface area contributed by atoms with E-state index in [9.17, 15) is 15.3 Å². The predicted molar refractivity (Wildman–Crippen MR) is 75.7 cm³/mol. The van der Waals surface area contributed by atoms with Crippen LogP contribution >= 0.6 is 0 Å². The second kappa shape index (κ2) is 4.71. The van der Waals surface area contributed by atoms with Crippen LogP contribution in [-0.4, -0.2) is 33.6 Å². The Balaban J connectivity index is 2.41. The molecule has 2 fully saturated rings. The Labute approximate surface area is 117 Å². The zero-order valence-electron chi connectivity index (χ0n) is 12.8. The van der Waals surface area contributed by atoms with Crippen LogP contribution in [0.4, 0.5) is 0 Å². The highest BCUT2D eigenvalue weighted by atomic mass is 16.3. The van der Waals surface area contributed by atoms with Gasteiger partial charge in [-0.15, -0.1) is 0 Å². The minimum Gasteiger partial charge on any atom is -0.394 e. The average molecular weight is 270 g/mol. The average Bonchev–Trinajstić information content (AvgIpc) is 2.25. The molecule has 0 heterocycles. The molecule has 0 aliphatic heterocycles. The van der Waals surface area contributed by atoms with Crippen LogP contribution in [0.3, 0.4) is 0 Å². The maximum atomic E-state index is 10.7. The van der Waals surface area contributed by atoms with Crippen molar-refractivity contribution in [3.8, 4) is 0 Å². The van der Waals surface area contributed by atoms with E-state index < -0.39 is 11.7 Å². The molecule has 2 aliphatic rings. The van der Waals surface area contributed by atoms with E-state index in [0.29, 0.717) is 5.92 Å². The number of aliphatic hydroxyl groups is 3. The molecule has 3 nitrogen and oxygen atoms in total. The quantitative estimate of drug-likeness (QED) is 0.722. The molecule has 0 aromatic carbocycles. The van der Waals surface area contributed by atoms with Crippen LogP contribution in [0, 0.1) is 22.7 Å². The van der Waals surface area contributed by atoms with E-state index in [1.54, 1.807) is 0 Å². The zero-order valence-corrected chi connectivity index (χ0v) is 12.8. The van der Waals surface area contributed by atoms with Gasteiger partial charge in [-0.25, -0.2) is 0 Å². The molecule has 3 N–H and O–H groups in total. The van der Waals surface area contributed by atoms with Crippen molar-refractivity contribution in [3.63, 3.8) is 0 Å². The fourth-order valence-corrected chi connectivity index (χ4v) is 5.52. The van der Waals surface area contributed by atoms with Gasteiger partial charge in [-0.2, -0.15) is 0 Å². The Morgan fingerprint density at radius 1 is 1.11 bits per heavy atom. The van der Waals surface area contributed by atoms with E-state index >= 15 is 0 Å². The summed E-state index contributed by atoms with van der Waals surface area (Å²) in [5.41, 5.74) is -0.691. The summed E-state index contributed by atoms with van der Waals surface area (Å²) in [5.74, 6) is 0.281. The molecule has 5 atom stereocenters. The molecular formula is C16H30O3. The van der Waals surface area contributed by atoms with Gasteiger partial charge in [0.1, 0.15) is 0 Å². The fraction of sp³-hybridized carbons (Fsp3) is 1.00. The first-order valence-electron chi connectivity index (χ1n) is 7.66. The van der Waals surface area contributed by atoms with Gasteiger partial charge in [0.15, 0.2) is 0 Å². The highest BCUT2D eigenvalue weighted by molar-refractivity contribution is 5.09. The molecule has 2 aliphatic carbocycles. The topological polar surface area (TPSA) is 60.7 Å². The Kier molecular flexibility index (Phi) is 3.79. The van der Waals surface area contributed by atoms with Gasteiger partial charge in [-0.05, 0) is 49.4 Å². The summed E-state index contributed by atoms with van der Waals surface area (Å²) in [6, 6.07) is 0. The molecule has 0 aromatic heterocycles. The van der Waals surface area contributed by atoms with E-state index in [-0.39, 0.29) is 23.4 Å². The predicted octanol–water partition coefficient (Wildman–Crippen LogP) is 2.33. The lowest BCUT2D eigenvalue weighted by Crippen LogP contribution is -2.61. The van der Waals surface area contributed by atoms with Crippen LogP contribution in [0.1, 0.15) is 59.8 Å². The van der Waals surface area contributed by atoms with Gasteiger partial charge < -0.3 is 15.3 Å². The number of hydrogen-bond donors (Lipinski definition) is 3. The molecule has 2 saturated carbocycles. The summed E-state index contributed by atoms with van der Waals surface area (Å²) >= 11 is 0. The molecule has 0 amide bonds. The second-order valence-corrected chi connectivity index (χ2v) is 8.02. The van der Waals surface area contributed by atoms with Gasteiger partial charge in [-0.1, -0.05) is 27.2 Å². The summed E-state index contributed by atoms with van der Waals surface area (Å²) < 4.78 is 0. The monoisotopic (exact) mass is 270 g/mol. The lowest BCUT2D eigenvalue weighted by Gasteiger charge is -2.62. The van der Waals surface area contributed by atoms with E-state index in [0.717, 1.165) is 25.7 Å². The Hall–Kier alpha value is -0.120. The molecule has 19 heavy (non-hydrogen) atoms. The first-order valence-corrected chi connectivity index (χ1v) is 7.66. The normalized spacial score (nSPS) is 47.5. The van der Waals surface area contributed by atoms with Crippen LogP contribution in [-0.2, 0) is 0 Å². The first-order chi connectivity index (χ1) is 8.65. The number of fused-ring (bicyclic) bond motifs is 1. The molecule has 0 bridgehead atoms. The van der Waals surface area contributed by atoms with Crippen molar-refractivity contribution in [2.45, 2.75) is 71.5 Å². The maximum Gasteiger partial charge on any atom is 0.0831 e. The third kappa shape index (κ3) is 2.34. The third-order valence-corrected chi connectivity index (χ3v) is 6.17. The molecule has 112 valence electrons. The van der Waals surface area contributed by atoms with Crippen LogP contribution in [0.25, 0.3) is 0 Å². The SMILES string of the molecule is CC1(C)CCC[C@]2(C)[C@@H]([C@H](O)CO)[C@@](C)(O)CC[C@@H]12. The van der Waals surface area contributed by atoms with Crippen molar-refractivity contribution in [2.24, 2.45) is 22.7 Å². The lowest BCUT2D eigenvalue weighted by molar-refractivity contribution is -0.204. The van der Waals surface area contributed by atoms with Crippen molar-refractivity contribution in [1.29, 1.82) is 0 Å². The second-order valence-electron chi connectivity index (χ2n) is 8.02. The van der Waals surface area contributed by atoms with Crippen molar-refractivity contribution in [2.75, 3.05) is 6.61 Å². The summed E-state index contributed by atoms with van der Waals surface area (Å²) in [5, 5.41) is 30.4. The number of hydrogen-bond acceptors (Lipinski definition) is 3. The van der Waals surface area contributed by atoms with Gasteiger partial charge in [0, 0.05) is 5.92 Å². The van der Waals surface area contributed by atoms with E-state index in [1.807, 2.05) is 6.92 Å². The van der Waals surface area contributed by atoms with Crippen LogP contribution in [0.2, 0.25) is 0 Å². The molecule has 0 saturated heterocycles. The molecule has 0 spiro atoms. The Morgan fingerprint density at radius 3 is 2.32 bits per heavy atom. The van der Waals surface area contributed by atoms with Gasteiger partial charge in [0.25, 0.3) is 0 Å². The van der Waals surface area contributed by atoms with Gasteiger partial charge in [0.2, 0.25) is 0 Å². The Bertz CT molecular complexity index is 337. The van der Waals surface area contributed by atoms with E-state index in [2.05, 4.69) is 20.8 Å². The smallest absolute Gasteiger partial charge is 0.0831 e. The molecule has 3 heteroatoms. The van der Waals surface area contributed by atoms with E-state index in [4.69, 9.17) is 0 Å². The molecule has 2 rings (SSSR count). The maximum absolute atomic E-state index is 10.7. The lowest BCUT2D eigenvalue weighted by atomic mass is 9.45. The number of rotatable bonds is 2. The molecule has 0 unspecified atom stereocenters. The minimum atomic E-state index is -0.874. The summed E-state index contributed by atoms with van der Waals surface area (Å²) in [7, 11) is 0. The zero-order chi connectivity index (χ0) is 14.5. The third-order valence-electron chi connectivity index (χ3n) is 6.17. The molecular weight excluding hydrogens is 240 g/mol. The van der Waals surface area contributed by atoms with Crippen LogP contribution < -0.4 is 0 Å². The van der Waals surface area contributed by atoms with Crippen molar-refractivity contribution in [1.82, 2.24) is 0 Å². The summed E-state index contributed by atoms with van der Waals surface area (Å²) in [4.78, 5) is 0. The highest BCUT2D eigenvalue weighted by Gasteiger charge is 2.59. The van der Waals surface area contributed by atoms with Crippen molar-refractivity contribution < 1.29 is 15.3 Å².